The zero-order valence-corrected chi connectivity index (χ0v) is 11.8. The molecular weight excluding hydrogens is 319 g/mol. The second-order valence-corrected chi connectivity index (χ2v) is 4.78. The molecule has 6 nitrogen and oxygen atoms in total. The minimum Gasteiger partial charge on any atom is -0.506 e. The molecule has 0 unspecified atom stereocenters. The topological polar surface area (TPSA) is 99.5 Å². The Morgan fingerprint density at radius 3 is 2.43 bits per heavy atom. The van der Waals surface area contributed by atoms with E-state index in [9.17, 15) is 14.7 Å². The maximum absolute atomic E-state index is 12.0. The number of halogens is 2. The Labute approximate surface area is 129 Å². The maximum Gasteiger partial charge on any atom is 0.339 e. The third-order valence-corrected chi connectivity index (χ3v) is 3.17. The maximum atomic E-state index is 12.0. The van der Waals surface area contributed by atoms with Crippen molar-refractivity contribution in [3.63, 3.8) is 0 Å². The number of carboxylic acid groups (broad SMARTS) is 1. The highest BCUT2D eigenvalue weighted by Crippen LogP contribution is 2.32. The van der Waals surface area contributed by atoms with Crippen LogP contribution in [-0.2, 0) is 0 Å². The molecule has 8 heteroatoms. The van der Waals surface area contributed by atoms with Crippen molar-refractivity contribution >= 4 is 40.8 Å². The molecule has 0 atom stereocenters. The third kappa shape index (κ3) is 3.24. The summed E-state index contributed by atoms with van der Waals surface area (Å²) >= 11 is 11.7. The van der Waals surface area contributed by atoms with Gasteiger partial charge >= 0.3 is 5.97 Å². The number of carbonyl (C=O) groups excluding carboxylic acids is 1. The lowest BCUT2D eigenvalue weighted by Gasteiger charge is -2.11. The molecule has 2 aromatic rings. The van der Waals surface area contributed by atoms with Crippen molar-refractivity contribution in [1.29, 1.82) is 0 Å². The van der Waals surface area contributed by atoms with Crippen molar-refractivity contribution in [2.45, 2.75) is 0 Å². The number of pyridine rings is 1. The molecule has 0 bridgehead atoms. The van der Waals surface area contributed by atoms with E-state index >= 15 is 0 Å². The lowest BCUT2D eigenvalue weighted by atomic mass is 10.1. The van der Waals surface area contributed by atoms with E-state index in [1.54, 1.807) is 0 Å². The quantitative estimate of drug-likeness (QED) is 0.804. The van der Waals surface area contributed by atoms with Gasteiger partial charge in [-0.1, -0.05) is 23.2 Å². The SMILES string of the molecule is O=C(Nc1c(Cl)ccc(Cl)c1C(=O)O)c1cncc(O)c1. The third-order valence-electron chi connectivity index (χ3n) is 2.54. The van der Waals surface area contributed by atoms with E-state index in [1.165, 1.54) is 24.4 Å². The van der Waals surface area contributed by atoms with Gasteiger partial charge in [-0.2, -0.15) is 0 Å². The van der Waals surface area contributed by atoms with Gasteiger partial charge in [-0.15, -0.1) is 0 Å². The van der Waals surface area contributed by atoms with Gasteiger partial charge in [0.05, 0.1) is 27.5 Å². The van der Waals surface area contributed by atoms with E-state index in [0.717, 1.165) is 6.20 Å². The highest BCUT2D eigenvalue weighted by Gasteiger charge is 2.20. The molecule has 0 saturated heterocycles. The van der Waals surface area contributed by atoms with Crippen LogP contribution in [0, 0.1) is 0 Å². The largest absolute Gasteiger partial charge is 0.506 e. The molecule has 1 heterocycles. The first-order valence-corrected chi connectivity index (χ1v) is 6.32. The zero-order chi connectivity index (χ0) is 15.6. The van der Waals surface area contributed by atoms with Crippen LogP contribution in [0.3, 0.4) is 0 Å². The molecular formula is C13H8Cl2N2O4. The van der Waals surface area contributed by atoms with Crippen LogP contribution in [0.4, 0.5) is 5.69 Å². The van der Waals surface area contributed by atoms with Crippen LogP contribution in [0.5, 0.6) is 5.75 Å². The molecule has 1 aromatic carbocycles. The second-order valence-electron chi connectivity index (χ2n) is 3.97. The van der Waals surface area contributed by atoms with E-state index in [0.29, 0.717) is 0 Å². The van der Waals surface area contributed by atoms with Crippen LogP contribution in [0.25, 0.3) is 0 Å². The number of aromatic nitrogens is 1. The number of carbonyl (C=O) groups is 2. The van der Waals surface area contributed by atoms with Gasteiger partial charge in [0.25, 0.3) is 5.91 Å². The minimum absolute atomic E-state index is 0.0262. The molecule has 2 rings (SSSR count). The molecule has 1 aromatic heterocycles. The summed E-state index contributed by atoms with van der Waals surface area (Å²) < 4.78 is 0. The van der Waals surface area contributed by atoms with Crippen molar-refractivity contribution in [1.82, 2.24) is 4.98 Å². The monoisotopic (exact) mass is 326 g/mol. The highest BCUT2D eigenvalue weighted by molar-refractivity contribution is 6.38. The first-order chi connectivity index (χ1) is 9.90. The molecule has 1 amide bonds. The van der Waals surface area contributed by atoms with Gasteiger partial charge in [-0.05, 0) is 18.2 Å². The molecule has 0 aliphatic carbocycles. The zero-order valence-electron chi connectivity index (χ0n) is 10.3. The Hall–Kier alpha value is -2.31. The minimum atomic E-state index is -1.33. The van der Waals surface area contributed by atoms with E-state index in [2.05, 4.69) is 10.3 Å². The van der Waals surface area contributed by atoms with Crippen LogP contribution >= 0.6 is 23.2 Å². The van der Waals surface area contributed by atoms with Crippen LogP contribution in [0.15, 0.2) is 30.6 Å². The molecule has 0 aliphatic heterocycles. The molecule has 0 radical (unpaired) electrons. The number of benzene rings is 1. The van der Waals surface area contributed by atoms with Gasteiger partial charge in [-0.25, -0.2) is 4.79 Å². The van der Waals surface area contributed by atoms with Crippen molar-refractivity contribution in [2.75, 3.05) is 5.32 Å². The number of hydrogen-bond donors (Lipinski definition) is 3. The van der Waals surface area contributed by atoms with Crippen molar-refractivity contribution in [3.8, 4) is 5.75 Å². The Morgan fingerprint density at radius 2 is 1.81 bits per heavy atom. The van der Waals surface area contributed by atoms with Gasteiger partial charge in [0.2, 0.25) is 0 Å². The van der Waals surface area contributed by atoms with Gasteiger partial charge in [0, 0.05) is 6.20 Å². The summed E-state index contributed by atoms with van der Waals surface area (Å²) in [5.74, 6) is -2.20. The van der Waals surface area contributed by atoms with E-state index in [-0.39, 0.29) is 32.6 Å². The van der Waals surface area contributed by atoms with E-state index in [4.69, 9.17) is 28.3 Å². The number of rotatable bonds is 3. The number of amides is 1. The Balaban J connectivity index is 2.42. The summed E-state index contributed by atoms with van der Waals surface area (Å²) in [6, 6.07) is 3.87. The molecule has 0 aliphatic rings. The standard InChI is InChI=1S/C13H8Cl2N2O4/c14-8-1-2-9(15)11(10(8)13(20)21)17-12(19)6-3-7(18)5-16-4-6/h1-5,18H,(H,17,19)(H,20,21). The smallest absolute Gasteiger partial charge is 0.339 e. The number of carboxylic acids is 1. The van der Waals surface area contributed by atoms with Gasteiger partial charge in [0.15, 0.2) is 0 Å². The van der Waals surface area contributed by atoms with Gasteiger partial charge in [0.1, 0.15) is 11.3 Å². The van der Waals surface area contributed by atoms with Crippen LogP contribution in [0.1, 0.15) is 20.7 Å². The molecule has 21 heavy (non-hydrogen) atoms. The molecule has 3 N–H and O–H groups in total. The predicted octanol–water partition coefficient (Wildman–Crippen LogP) is 3.04. The Bertz CT molecular complexity index is 734. The van der Waals surface area contributed by atoms with Crippen molar-refractivity contribution in [2.24, 2.45) is 0 Å². The number of nitrogens with zero attached hydrogens (tertiary/aromatic N) is 1. The summed E-state index contributed by atoms with van der Waals surface area (Å²) in [7, 11) is 0. The number of hydrogen-bond acceptors (Lipinski definition) is 4. The fraction of sp³-hybridized carbons (Fsp3) is 0. The summed E-state index contributed by atoms with van der Waals surface area (Å²) in [5, 5.41) is 20.8. The molecule has 108 valence electrons. The summed E-state index contributed by atoms with van der Waals surface area (Å²) in [4.78, 5) is 26.9. The van der Waals surface area contributed by atoms with Crippen LogP contribution in [-0.4, -0.2) is 27.1 Å². The van der Waals surface area contributed by atoms with Crippen LogP contribution in [0.2, 0.25) is 10.0 Å². The van der Waals surface area contributed by atoms with E-state index < -0.39 is 11.9 Å². The molecule has 0 fully saturated rings. The van der Waals surface area contributed by atoms with Gasteiger partial charge < -0.3 is 15.5 Å². The second kappa shape index (κ2) is 5.99. The fourth-order valence-electron chi connectivity index (χ4n) is 1.62. The number of anilines is 1. The molecule has 0 saturated carbocycles. The average molecular weight is 327 g/mol. The van der Waals surface area contributed by atoms with E-state index in [1.807, 2.05) is 0 Å². The lowest BCUT2D eigenvalue weighted by Crippen LogP contribution is -2.15. The molecule has 0 spiro atoms. The summed E-state index contributed by atoms with van der Waals surface area (Å²) in [6.07, 6.45) is 2.37. The fourth-order valence-corrected chi connectivity index (χ4v) is 2.06. The first-order valence-electron chi connectivity index (χ1n) is 5.57. The van der Waals surface area contributed by atoms with Crippen LogP contribution < -0.4 is 5.32 Å². The van der Waals surface area contributed by atoms with Crippen molar-refractivity contribution < 1.29 is 19.8 Å². The lowest BCUT2D eigenvalue weighted by molar-refractivity contribution is 0.0698. The Kier molecular flexibility index (Phi) is 4.30. The number of aromatic hydroxyl groups is 1. The van der Waals surface area contributed by atoms with Gasteiger partial charge in [-0.3, -0.25) is 9.78 Å². The number of nitrogens with one attached hydrogen (secondary N) is 1. The normalized spacial score (nSPS) is 10.2. The van der Waals surface area contributed by atoms with Crippen molar-refractivity contribution in [3.05, 3.63) is 51.8 Å². The summed E-state index contributed by atoms with van der Waals surface area (Å²) in [6.45, 7) is 0. The average Bonchev–Trinajstić information content (AvgIpc) is 2.42. The highest BCUT2D eigenvalue weighted by atomic mass is 35.5. The first kappa shape index (κ1) is 15.1. The summed E-state index contributed by atoms with van der Waals surface area (Å²) in [5.41, 5.74) is -0.391. The Morgan fingerprint density at radius 1 is 1.14 bits per heavy atom. The number of aromatic carboxylic acids is 1. The predicted molar refractivity (Wildman–Crippen MR) is 77.3 cm³/mol.